The van der Waals surface area contributed by atoms with Crippen LogP contribution < -0.4 is 5.32 Å². The van der Waals surface area contributed by atoms with Crippen molar-refractivity contribution in [3.8, 4) is 0 Å². The van der Waals surface area contributed by atoms with Crippen molar-refractivity contribution < 1.29 is 0 Å². The molecule has 4 rings (SSSR count). The molecule has 0 saturated carbocycles. The normalized spacial score (nSPS) is 30.7. The first-order valence-corrected chi connectivity index (χ1v) is 7.79. The van der Waals surface area contributed by atoms with Crippen LogP contribution in [-0.2, 0) is 13.5 Å². The van der Waals surface area contributed by atoms with Crippen molar-refractivity contribution in [3.05, 3.63) is 16.4 Å². The smallest absolute Gasteiger partial charge is 0.0847 e. The first kappa shape index (κ1) is 14.3. The molecule has 0 aliphatic carbocycles. The zero-order valence-corrected chi connectivity index (χ0v) is 13.3. The first-order valence-electron chi connectivity index (χ1n) is 7.41. The summed E-state index contributed by atoms with van der Waals surface area (Å²) >= 11 is 6.40. The third kappa shape index (κ3) is 2.48. The third-order valence-corrected chi connectivity index (χ3v) is 5.32. The third-order valence-electron chi connectivity index (χ3n) is 4.83. The average Bonchev–Trinajstić information content (AvgIpc) is 2.71. The van der Waals surface area contributed by atoms with Gasteiger partial charge >= 0.3 is 0 Å². The monoisotopic (exact) mass is 297 g/mol. The molecule has 3 fully saturated rings. The first-order chi connectivity index (χ1) is 9.60. The van der Waals surface area contributed by atoms with Gasteiger partial charge in [-0.1, -0.05) is 11.6 Å². The van der Waals surface area contributed by atoms with E-state index in [0.29, 0.717) is 12.1 Å². The summed E-state index contributed by atoms with van der Waals surface area (Å²) in [6.07, 6.45) is 0.932. The van der Waals surface area contributed by atoms with E-state index in [9.17, 15) is 0 Å². The minimum atomic E-state index is 0.422. The SMILES string of the molecule is CNC(Cc1c(Cl)c(C)nn1C)C1CN2CCN1CC2. The van der Waals surface area contributed by atoms with Crippen LogP contribution in [-0.4, -0.2) is 71.4 Å². The minimum absolute atomic E-state index is 0.422. The molecule has 1 N–H and O–H groups in total. The second-order valence-corrected chi connectivity index (χ2v) is 6.35. The molecule has 20 heavy (non-hydrogen) atoms. The van der Waals surface area contributed by atoms with Gasteiger partial charge < -0.3 is 5.32 Å². The van der Waals surface area contributed by atoms with Crippen LogP contribution in [0.15, 0.2) is 0 Å². The van der Waals surface area contributed by atoms with E-state index in [1.54, 1.807) is 0 Å². The van der Waals surface area contributed by atoms with Gasteiger partial charge in [0.2, 0.25) is 0 Å². The fourth-order valence-corrected chi connectivity index (χ4v) is 3.82. The Balaban J connectivity index is 1.77. The second kappa shape index (κ2) is 5.64. The van der Waals surface area contributed by atoms with Gasteiger partial charge in [-0.25, -0.2) is 0 Å². The van der Waals surface area contributed by atoms with Crippen LogP contribution in [0.2, 0.25) is 5.02 Å². The van der Waals surface area contributed by atoms with Gasteiger partial charge in [-0.15, -0.1) is 0 Å². The topological polar surface area (TPSA) is 36.3 Å². The van der Waals surface area contributed by atoms with Gasteiger partial charge in [-0.2, -0.15) is 5.10 Å². The highest BCUT2D eigenvalue weighted by molar-refractivity contribution is 6.31. The van der Waals surface area contributed by atoms with Crippen LogP contribution in [0.5, 0.6) is 0 Å². The van der Waals surface area contributed by atoms with Crippen LogP contribution in [0.25, 0.3) is 0 Å². The molecule has 6 heteroatoms. The predicted octanol–water partition coefficient (Wildman–Crippen LogP) is 0.512. The number of fused-ring (bicyclic) bond motifs is 3. The number of nitrogens with zero attached hydrogens (tertiary/aromatic N) is 4. The molecule has 0 amide bonds. The van der Waals surface area contributed by atoms with Gasteiger partial charge in [-0.3, -0.25) is 14.5 Å². The molecule has 112 valence electrons. The molecule has 2 bridgehead atoms. The van der Waals surface area contributed by atoms with Gasteiger partial charge in [0.25, 0.3) is 0 Å². The lowest BCUT2D eigenvalue weighted by atomic mass is 9.96. The Bertz CT molecular complexity index is 478. The Morgan fingerprint density at radius 3 is 2.50 bits per heavy atom. The molecule has 1 aromatic heterocycles. The molecular formula is C14H24ClN5. The van der Waals surface area contributed by atoms with Crippen LogP contribution in [0.1, 0.15) is 11.4 Å². The quantitative estimate of drug-likeness (QED) is 0.879. The Hall–Kier alpha value is -0.620. The Kier molecular flexibility index (Phi) is 4.04. The molecule has 2 unspecified atom stereocenters. The lowest BCUT2D eigenvalue weighted by Crippen LogP contribution is -2.66. The van der Waals surface area contributed by atoms with E-state index in [1.807, 2.05) is 18.7 Å². The van der Waals surface area contributed by atoms with Crippen molar-refractivity contribution in [2.45, 2.75) is 25.4 Å². The summed E-state index contributed by atoms with van der Waals surface area (Å²) in [7, 11) is 4.04. The maximum absolute atomic E-state index is 6.40. The summed E-state index contributed by atoms with van der Waals surface area (Å²) in [5, 5.41) is 8.75. The van der Waals surface area contributed by atoms with Crippen LogP contribution in [0.3, 0.4) is 0 Å². The summed E-state index contributed by atoms with van der Waals surface area (Å²) in [5.41, 5.74) is 2.06. The highest BCUT2D eigenvalue weighted by Crippen LogP contribution is 2.24. The average molecular weight is 298 g/mol. The number of aromatic nitrogens is 2. The summed E-state index contributed by atoms with van der Waals surface area (Å²) in [4.78, 5) is 5.20. The lowest BCUT2D eigenvalue weighted by Gasteiger charge is -2.50. The van der Waals surface area contributed by atoms with E-state index in [-0.39, 0.29) is 0 Å². The molecule has 3 aliphatic heterocycles. The Morgan fingerprint density at radius 2 is 2.05 bits per heavy atom. The van der Waals surface area contributed by atoms with E-state index >= 15 is 0 Å². The highest BCUT2D eigenvalue weighted by atomic mass is 35.5. The molecule has 3 saturated heterocycles. The fraction of sp³-hybridized carbons (Fsp3) is 0.786. The number of rotatable bonds is 4. The predicted molar refractivity (Wildman–Crippen MR) is 81.3 cm³/mol. The summed E-state index contributed by atoms with van der Waals surface area (Å²) in [6.45, 7) is 7.97. The van der Waals surface area contributed by atoms with Crippen molar-refractivity contribution in [2.75, 3.05) is 39.8 Å². The van der Waals surface area contributed by atoms with Gasteiger partial charge in [0, 0.05) is 58.3 Å². The van der Waals surface area contributed by atoms with Gasteiger partial charge in [-0.05, 0) is 14.0 Å². The molecule has 0 aromatic carbocycles. The summed E-state index contributed by atoms with van der Waals surface area (Å²) in [5.74, 6) is 0. The van der Waals surface area contributed by atoms with Crippen LogP contribution in [0, 0.1) is 6.92 Å². The minimum Gasteiger partial charge on any atom is -0.315 e. The second-order valence-electron chi connectivity index (χ2n) is 5.97. The maximum Gasteiger partial charge on any atom is 0.0847 e. The number of hydrogen-bond donors (Lipinski definition) is 1. The van der Waals surface area contributed by atoms with Crippen molar-refractivity contribution in [1.82, 2.24) is 24.9 Å². The number of nitrogens with one attached hydrogen (secondary N) is 1. The van der Waals surface area contributed by atoms with E-state index in [4.69, 9.17) is 11.6 Å². The number of likely N-dealkylation sites (N-methyl/N-ethyl adjacent to an activating group) is 1. The zero-order valence-electron chi connectivity index (χ0n) is 12.6. The molecule has 2 atom stereocenters. The Labute approximate surface area is 125 Å². The lowest BCUT2D eigenvalue weighted by molar-refractivity contribution is -0.00225. The Morgan fingerprint density at radius 1 is 1.35 bits per heavy atom. The van der Waals surface area contributed by atoms with Crippen molar-refractivity contribution in [1.29, 1.82) is 0 Å². The van der Waals surface area contributed by atoms with E-state index in [2.05, 4.69) is 27.3 Å². The van der Waals surface area contributed by atoms with E-state index in [1.165, 1.54) is 32.7 Å². The van der Waals surface area contributed by atoms with E-state index in [0.717, 1.165) is 22.8 Å². The standard InChI is InChI=1S/C14H24ClN5/c1-10-14(15)12(18(3)17-10)8-11(16-2)13-9-19-4-6-20(13)7-5-19/h11,13,16H,4-9H2,1-3H3. The van der Waals surface area contributed by atoms with Crippen LogP contribution >= 0.6 is 11.6 Å². The van der Waals surface area contributed by atoms with Gasteiger partial charge in [0.05, 0.1) is 16.4 Å². The number of aryl methyl sites for hydroxylation is 2. The number of hydrogen-bond acceptors (Lipinski definition) is 4. The molecule has 4 heterocycles. The largest absolute Gasteiger partial charge is 0.315 e. The van der Waals surface area contributed by atoms with Gasteiger partial charge in [0.15, 0.2) is 0 Å². The molecule has 3 aliphatic rings. The van der Waals surface area contributed by atoms with Crippen molar-refractivity contribution in [3.63, 3.8) is 0 Å². The van der Waals surface area contributed by atoms with Crippen LogP contribution in [0.4, 0.5) is 0 Å². The summed E-state index contributed by atoms with van der Waals surface area (Å²) < 4.78 is 1.93. The van der Waals surface area contributed by atoms with Gasteiger partial charge in [0.1, 0.15) is 0 Å². The van der Waals surface area contributed by atoms with Crippen molar-refractivity contribution >= 4 is 11.6 Å². The molecule has 0 radical (unpaired) electrons. The number of halogens is 1. The number of piperazine rings is 3. The van der Waals surface area contributed by atoms with Crippen molar-refractivity contribution in [2.24, 2.45) is 7.05 Å². The zero-order chi connectivity index (χ0) is 14.3. The molecular weight excluding hydrogens is 274 g/mol. The molecule has 0 spiro atoms. The van der Waals surface area contributed by atoms with E-state index < -0.39 is 0 Å². The molecule has 1 aromatic rings. The summed E-state index contributed by atoms with van der Waals surface area (Å²) in [6, 6.07) is 0.999. The highest BCUT2D eigenvalue weighted by Gasteiger charge is 2.36. The molecule has 5 nitrogen and oxygen atoms in total. The maximum atomic E-state index is 6.40. The fourth-order valence-electron chi connectivity index (χ4n) is 3.58.